The number of imidazole rings is 1. The lowest BCUT2D eigenvalue weighted by Crippen LogP contribution is -2.52. The van der Waals surface area contributed by atoms with Gasteiger partial charge in [0, 0.05) is 31.8 Å². The Morgan fingerprint density at radius 2 is 2.07 bits per heavy atom. The van der Waals surface area contributed by atoms with Crippen LogP contribution in [-0.4, -0.2) is 46.8 Å². The molecule has 152 valence electrons. The summed E-state index contributed by atoms with van der Waals surface area (Å²) in [5.74, 6) is -0.0741. The second kappa shape index (κ2) is 10.9. The molecule has 1 saturated carbocycles. The van der Waals surface area contributed by atoms with E-state index in [4.69, 9.17) is 4.74 Å². The Kier molecular flexibility index (Phi) is 8.57. The fourth-order valence-corrected chi connectivity index (χ4v) is 3.36. The molecule has 1 aliphatic rings. The van der Waals surface area contributed by atoms with E-state index >= 15 is 0 Å². The first-order chi connectivity index (χ1) is 13.1. The van der Waals surface area contributed by atoms with E-state index in [1.807, 2.05) is 24.6 Å². The number of hydrogen-bond donors (Lipinski definition) is 3. The maximum atomic E-state index is 12.6. The van der Waals surface area contributed by atoms with Gasteiger partial charge in [-0.1, -0.05) is 6.92 Å². The number of ether oxygens (including phenoxy) is 1. The molecule has 0 aromatic carbocycles. The summed E-state index contributed by atoms with van der Waals surface area (Å²) in [6, 6.07) is -0.241. The molecule has 1 aromatic heterocycles. The van der Waals surface area contributed by atoms with Gasteiger partial charge in [0.25, 0.3) is 0 Å². The summed E-state index contributed by atoms with van der Waals surface area (Å²) in [5, 5.41) is 8.73. The van der Waals surface area contributed by atoms with Crippen molar-refractivity contribution in [3.8, 4) is 0 Å². The van der Waals surface area contributed by atoms with Gasteiger partial charge in [-0.3, -0.25) is 4.79 Å². The third kappa shape index (κ3) is 6.53. The first kappa shape index (κ1) is 21.2. The van der Waals surface area contributed by atoms with Crippen LogP contribution in [0.25, 0.3) is 0 Å². The highest BCUT2D eigenvalue weighted by Gasteiger charge is 2.35. The van der Waals surface area contributed by atoms with Crippen LogP contribution in [0.3, 0.4) is 0 Å². The molecular weight excluding hydrogens is 346 g/mol. The van der Waals surface area contributed by atoms with E-state index in [0.29, 0.717) is 26.1 Å². The molecule has 8 heteroatoms. The van der Waals surface area contributed by atoms with E-state index in [9.17, 15) is 9.59 Å². The van der Waals surface area contributed by atoms with Gasteiger partial charge < -0.3 is 25.3 Å². The summed E-state index contributed by atoms with van der Waals surface area (Å²) < 4.78 is 7.93. The Balaban J connectivity index is 1.88. The molecule has 1 heterocycles. The number of nitrogens with one attached hydrogen (secondary N) is 3. The fourth-order valence-electron chi connectivity index (χ4n) is 3.36. The molecule has 1 aliphatic carbocycles. The molecule has 1 aromatic rings. The number of hydrogen-bond acceptors (Lipinski definition) is 4. The third-order valence-corrected chi connectivity index (χ3v) is 4.85. The zero-order valence-electron chi connectivity index (χ0n) is 16.7. The smallest absolute Gasteiger partial charge is 0.315 e. The fraction of sp³-hybridized carbons (Fsp3) is 0.737. The monoisotopic (exact) mass is 379 g/mol. The molecule has 0 unspecified atom stereocenters. The first-order valence-electron chi connectivity index (χ1n) is 10.0. The summed E-state index contributed by atoms with van der Waals surface area (Å²) in [6.07, 6.45) is 6.56. The van der Waals surface area contributed by atoms with Crippen molar-refractivity contribution in [1.29, 1.82) is 0 Å². The Bertz CT molecular complexity index is 604. The van der Waals surface area contributed by atoms with Crippen LogP contribution in [-0.2, 0) is 22.6 Å². The van der Waals surface area contributed by atoms with Crippen LogP contribution in [0.4, 0.5) is 4.79 Å². The molecule has 1 fully saturated rings. The van der Waals surface area contributed by atoms with Gasteiger partial charge in [0.05, 0.1) is 30.7 Å². The molecule has 3 atom stereocenters. The molecule has 0 bridgehead atoms. The number of nitrogens with zero attached hydrogens (tertiary/aromatic N) is 2. The number of carbonyl (C=O) groups is 2. The molecule has 3 amide bonds. The summed E-state index contributed by atoms with van der Waals surface area (Å²) in [6.45, 7) is 8.49. The zero-order valence-corrected chi connectivity index (χ0v) is 16.7. The Labute approximate surface area is 161 Å². The van der Waals surface area contributed by atoms with Crippen molar-refractivity contribution in [3.05, 3.63) is 18.2 Å². The van der Waals surface area contributed by atoms with Crippen molar-refractivity contribution in [3.63, 3.8) is 0 Å². The number of aromatic nitrogens is 2. The maximum absolute atomic E-state index is 12.6. The molecule has 0 saturated heterocycles. The van der Waals surface area contributed by atoms with Gasteiger partial charge in [0.1, 0.15) is 0 Å². The number of amides is 3. The Hall–Kier alpha value is -2.09. The average molecular weight is 380 g/mol. The lowest BCUT2D eigenvalue weighted by molar-refractivity contribution is -0.128. The molecule has 27 heavy (non-hydrogen) atoms. The average Bonchev–Trinajstić information content (AvgIpc) is 3.13. The van der Waals surface area contributed by atoms with E-state index in [1.54, 1.807) is 6.33 Å². The van der Waals surface area contributed by atoms with Crippen LogP contribution in [0.15, 0.2) is 12.5 Å². The first-order valence-corrected chi connectivity index (χ1v) is 10.0. The Morgan fingerprint density at radius 1 is 1.26 bits per heavy atom. The van der Waals surface area contributed by atoms with Crippen LogP contribution in [0.2, 0.25) is 0 Å². The van der Waals surface area contributed by atoms with Gasteiger partial charge in [0.2, 0.25) is 5.91 Å². The number of rotatable bonds is 9. The molecule has 3 N–H and O–H groups in total. The third-order valence-electron chi connectivity index (χ3n) is 4.85. The van der Waals surface area contributed by atoms with E-state index in [2.05, 4.69) is 27.9 Å². The topological polar surface area (TPSA) is 97.3 Å². The molecule has 0 radical (unpaired) electrons. The quantitative estimate of drug-likeness (QED) is 0.609. The molecule has 8 nitrogen and oxygen atoms in total. The zero-order chi connectivity index (χ0) is 19.6. The minimum atomic E-state index is -0.179. The van der Waals surface area contributed by atoms with Crippen LogP contribution >= 0.6 is 0 Å². The van der Waals surface area contributed by atoms with Crippen molar-refractivity contribution in [2.24, 2.45) is 5.92 Å². The number of urea groups is 1. The van der Waals surface area contributed by atoms with Gasteiger partial charge in [-0.05, 0) is 39.5 Å². The molecule has 0 aliphatic heterocycles. The van der Waals surface area contributed by atoms with Crippen molar-refractivity contribution in [1.82, 2.24) is 25.5 Å². The predicted octanol–water partition coefficient (Wildman–Crippen LogP) is 1.80. The van der Waals surface area contributed by atoms with Crippen molar-refractivity contribution < 1.29 is 14.3 Å². The highest BCUT2D eigenvalue weighted by molar-refractivity contribution is 5.79. The minimum Gasteiger partial charge on any atom is -0.376 e. The van der Waals surface area contributed by atoms with Gasteiger partial charge in [-0.2, -0.15) is 0 Å². The lowest BCUT2D eigenvalue weighted by Gasteiger charge is -2.35. The standard InChI is InChI=1S/C19H33N5O3/c1-4-9-27-17-10-14(7-8-16(17)23-19(26)20-5-2)18(25)21-11-15-12-24(6-3)13-22-15/h12-14,16-17H,4-11H2,1-3H3,(H,21,25)(H2,20,23,26)/t14-,16+,17+/m0/s1. The summed E-state index contributed by atoms with van der Waals surface area (Å²) in [7, 11) is 0. The number of carbonyl (C=O) groups excluding carboxylic acids is 2. The van der Waals surface area contributed by atoms with Crippen LogP contribution in [0.1, 0.15) is 52.1 Å². The van der Waals surface area contributed by atoms with Crippen molar-refractivity contribution >= 4 is 11.9 Å². The molecular formula is C19H33N5O3. The van der Waals surface area contributed by atoms with Gasteiger partial charge in [-0.25, -0.2) is 9.78 Å². The molecule has 0 spiro atoms. The van der Waals surface area contributed by atoms with Gasteiger partial charge in [-0.15, -0.1) is 0 Å². The van der Waals surface area contributed by atoms with E-state index in [0.717, 1.165) is 31.5 Å². The predicted molar refractivity (Wildman–Crippen MR) is 103 cm³/mol. The van der Waals surface area contributed by atoms with Crippen molar-refractivity contribution in [2.75, 3.05) is 13.2 Å². The Morgan fingerprint density at radius 3 is 2.74 bits per heavy atom. The summed E-state index contributed by atoms with van der Waals surface area (Å²) in [5.41, 5.74) is 0.857. The van der Waals surface area contributed by atoms with Crippen molar-refractivity contribution in [2.45, 2.75) is 71.7 Å². The van der Waals surface area contributed by atoms with E-state index in [1.165, 1.54) is 0 Å². The largest absolute Gasteiger partial charge is 0.376 e. The molecule has 2 rings (SSSR count). The summed E-state index contributed by atoms with van der Waals surface area (Å²) in [4.78, 5) is 28.8. The number of aryl methyl sites for hydroxylation is 1. The second-order valence-corrected chi connectivity index (χ2v) is 6.94. The van der Waals surface area contributed by atoms with Crippen LogP contribution in [0, 0.1) is 5.92 Å². The maximum Gasteiger partial charge on any atom is 0.315 e. The van der Waals surface area contributed by atoms with Gasteiger partial charge >= 0.3 is 6.03 Å². The van der Waals surface area contributed by atoms with Gasteiger partial charge in [0.15, 0.2) is 0 Å². The van der Waals surface area contributed by atoms with Crippen LogP contribution < -0.4 is 16.0 Å². The summed E-state index contributed by atoms with van der Waals surface area (Å²) >= 11 is 0. The van der Waals surface area contributed by atoms with E-state index < -0.39 is 0 Å². The minimum absolute atomic E-state index is 0.0302. The highest BCUT2D eigenvalue weighted by Crippen LogP contribution is 2.27. The highest BCUT2D eigenvalue weighted by atomic mass is 16.5. The van der Waals surface area contributed by atoms with Crippen LogP contribution in [0.5, 0.6) is 0 Å². The second-order valence-electron chi connectivity index (χ2n) is 6.94. The van der Waals surface area contributed by atoms with E-state index in [-0.39, 0.29) is 30.0 Å². The SMILES string of the molecule is CCCO[C@@H]1C[C@@H](C(=O)NCc2cn(CC)cn2)CC[C@H]1NC(=O)NCC. The normalized spacial score (nSPS) is 22.3. The lowest BCUT2D eigenvalue weighted by atomic mass is 9.83.